The van der Waals surface area contributed by atoms with Crippen LogP contribution in [0.1, 0.15) is 20.3 Å². The number of aromatic nitrogens is 4. The SMILES string of the molecule is C.O=C1C2CC=CCC2C(=O)N1c1n[nH]c(-c2cccnc2)n1. The van der Waals surface area contributed by atoms with Gasteiger partial charge in [0.25, 0.3) is 5.95 Å². The van der Waals surface area contributed by atoms with E-state index in [4.69, 9.17) is 0 Å². The van der Waals surface area contributed by atoms with E-state index in [1.807, 2.05) is 18.2 Å². The van der Waals surface area contributed by atoms with Gasteiger partial charge in [-0.1, -0.05) is 19.6 Å². The van der Waals surface area contributed by atoms with Gasteiger partial charge >= 0.3 is 0 Å². The molecule has 1 N–H and O–H groups in total. The molecule has 118 valence electrons. The number of nitrogens with zero attached hydrogens (tertiary/aromatic N) is 4. The third-order valence-corrected chi connectivity index (χ3v) is 4.12. The molecule has 23 heavy (non-hydrogen) atoms. The molecule has 1 fully saturated rings. The molecule has 3 heterocycles. The Kier molecular flexibility index (Phi) is 3.77. The van der Waals surface area contributed by atoms with Crippen LogP contribution in [0, 0.1) is 11.8 Å². The molecular formula is C16H17N5O2. The second-order valence-corrected chi connectivity index (χ2v) is 5.39. The van der Waals surface area contributed by atoms with Gasteiger partial charge in [-0.25, -0.2) is 4.90 Å². The summed E-state index contributed by atoms with van der Waals surface area (Å²) in [6, 6.07) is 3.61. The van der Waals surface area contributed by atoms with E-state index in [1.54, 1.807) is 18.5 Å². The molecule has 2 unspecified atom stereocenters. The number of imide groups is 1. The number of anilines is 1. The number of hydrogen-bond acceptors (Lipinski definition) is 5. The first-order chi connectivity index (χ1) is 10.8. The minimum absolute atomic E-state index is 0. The van der Waals surface area contributed by atoms with E-state index < -0.39 is 0 Å². The Bertz CT molecular complexity index is 742. The van der Waals surface area contributed by atoms with Gasteiger partial charge in [0.15, 0.2) is 5.82 Å². The highest BCUT2D eigenvalue weighted by molar-refractivity contribution is 6.21. The molecule has 0 radical (unpaired) electrons. The Morgan fingerprint density at radius 3 is 2.43 bits per heavy atom. The highest BCUT2D eigenvalue weighted by atomic mass is 16.2. The van der Waals surface area contributed by atoms with Crippen molar-refractivity contribution in [2.75, 3.05) is 4.90 Å². The Labute approximate surface area is 133 Å². The van der Waals surface area contributed by atoms with Crippen molar-refractivity contribution in [1.82, 2.24) is 20.2 Å². The van der Waals surface area contributed by atoms with Crippen LogP contribution in [0.25, 0.3) is 11.4 Å². The first kappa shape index (κ1) is 15.1. The van der Waals surface area contributed by atoms with Crippen molar-refractivity contribution in [3.63, 3.8) is 0 Å². The molecule has 0 bridgehead atoms. The van der Waals surface area contributed by atoms with Gasteiger partial charge in [-0.2, -0.15) is 4.98 Å². The fourth-order valence-electron chi connectivity index (χ4n) is 2.98. The predicted molar refractivity (Wildman–Crippen MR) is 84.2 cm³/mol. The number of rotatable bonds is 2. The molecule has 1 aliphatic carbocycles. The topological polar surface area (TPSA) is 91.8 Å². The molecule has 7 heteroatoms. The fourth-order valence-corrected chi connectivity index (χ4v) is 2.98. The zero-order valence-electron chi connectivity index (χ0n) is 11.6. The maximum Gasteiger partial charge on any atom is 0.258 e. The average molecular weight is 311 g/mol. The van der Waals surface area contributed by atoms with Gasteiger partial charge in [-0.15, -0.1) is 5.10 Å². The molecule has 2 aliphatic rings. The van der Waals surface area contributed by atoms with Gasteiger partial charge < -0.3 is 0 Å². The number of fused-ring (bicyclic) bond motifs is 1. The summed E-state index contributed by atoms with van der Waals surface area (Å²) in [5, 5.41) is 6.79. The number of aromatic amines is 1. The van der Waals surface area contributed by atoms with Crippen LogP contribution in [0.3, 0.4) is 0 Å². The van der Waals surface area contributed by atoms with E-state index in [2.05, 4.69) is 20.2 Å². The number of H-pyrrole nitrogens is 1. The van der Waals surface area contributed by atoms with Crippen LogP contribution in [-0.4, -0.2) is 32.0 Å². The van der Waals surface area contributed by atoms with Crippen molar-refractivity contribution in [3.05, 3.63) is 36.7 Å². The van der Waals surface area contributed by atoms with Gasteiger partial charge in [0.05, 0.1) is 11.8 Å². The number of carbonyl (C=O) groups is 2. The Balaban J connectivity index is 0.00000156. The minimum Gasteiger partial charge on any atom is -0.274 e. The van der Waals surface area contributed by atoms with Gasteiger partial charge in [-0.05, 0) is 25.0 Å². The van der Waals surface area contributed by atoms with Gasteiger partial charge in [0, 0.05) is 18.0 Å². The fraction of sp³-hybridized carbons (Fsp3) is 0.312. The summed E-state index contributed by atoms with van der Waals surface area (Å²) >= 11 is 0. The number of allylic oxidation sites excluding steroid dienone is 2. The Morgan fingerprint density at radius 2 is 1.83 bits per heavy atom. The molecule has 1 aliphatic heterocycles. The Hall–Kier alpha value is -2.83. The van der Waals surface area contributed by atoms with Crippen molar-refractivity contribution >= 4 is 17.8 Å². The zero-order valence-corrected chi connectivity index (χ0v) is 11.6. The van der Waals surface area contributed by atoms with E-state index in [0.717, 1.165) is 10.5 Å². The van der Waals surface area contributed by atoms with E-state index in [0.29, 0.717) is 18.7 Å². The lowest BCUT2D eigenvalue weighted by Crippen LogP contribution is -2.31. The summed E-state index contributed by atoms with van der Waals surface area (Å²) in [5.41, 5.74) is 0.749. The zero-order chi connectivity index (χ0) is 15.1. The number of amides is 2. The Morgan fingerprint density at radius 1 is 1.13 bits per heavy atom. The summed E-state index contributed by atoms with van der Waals surface area (Å²) < 4.78 is 0. The molecule has 0 saturated carbocycles. The summed E-state index contributed by atoms with van der Waals surface area (Å²) in [6.07, 6.45) is 8.41. The summed E-state index contributed by atoms with van der Waals surface area (Å²) in [6.45, 7) is 0. The lowest BCUT2D eigenvalue weighted by Gasteiger charge is -2.14. The van der Waals surface area contributed by atoms with Crippen molar-refractivity contribution in [2.24, 2.45) is 11.8 Å². The van der Waals surface area contributed by atoms with E-state index >= 15 is 0 Å². The maximum absolute atomic E-state index is 12.5. The molecule has 1 saturated heterocycles. The molecule has 0 spiro atoms. The van der Waals surface area contributed by atoms with Crippen LogP contribution in [-0.2, 0) is 9.59 Å². The average Bonchev–Trinajstić information content (AvgIpc) is 3.13. The third-order valence-electron chi connectivity index (χ3n) is 4.12. The van der Waals surface area contributed by atoms with Crippen LogP contribution in [0.4, 0.5) is 5.95 Å². The summed E-state index contributed by atoms with van der Waals surface area (Å²) in [7, 11) is 0. The number of nitrogens with one attached hydrogen (secondary N) is 1. The molecule has 2 aromatic rings. The van der Waals surface area contributed by atoms with E-state index in [9.17, 15) is 9.59 Å². The lowest BCUT2D eigenvalue weighted by atomic mass is 9.85. The van der Waals surface area contributed by atoms with Crippen molar-refractivity contribution in [2.45, 2.75) is 20.3 Å². The first-order valence-electron chi connectivity index (χ1n) is 7.11. The smallest absolute Gasteiger partial charge is 0.258 e. The van der Waals surface area contributed by atoms with E-state index in [-0.39, 0.29) is 37.0 Å². The van der Waals surface area contributed by atoms with Crippen molar-refractivity contribution in [1.29, 1.82) is 0 Å². The predicted octanol–water partition coefficient (Wildman–Crippen LogP) is 1.96. The first-order valence-corrected chi connectivity index (χ1v) is 7.11. The largest absolute Gasteiger partial charge is 0.274 e. The highest BCUT2D eigenvalue weighted by Crippen LogP contribution is 2.36. The standard InChI is InChI=1S/C15H13N5O2.CH4/c21-13-10-5-1-2-6-11(10)14(22)20(13)15-17-12(18-19-15)9-4-3-7-16-8-9;/h1-4,7-8,10-11H,5-6H2,(H,17,18,19);1H4. The lowest BCUT2D eigenvalue weighted by molar-refractivity contribution is -0.122. The van der Waals surface area contributed by atoms with Gasteiger partial charge in [0.2, 0.25) is 11.8 Å². The molecule has 2 atom stereocenters. The minimum atomic E-state index is -0.280. The third kappa shape index (κ3) is 2.34. The summed E-state index contributed by atoms with van der Waals surface area (Å²) in [5.74, 6) is -0.386. The van der Waals surface area contributed by atoms with Crippen LogP contribution in [0.15, 0.2) is 36.7 Å². The van der Waals surface area contributed by atoms with Crippen LogP contribution >= 0.6 is 0 Å². The molecule has 7 nitrogen and oxygen atoms in total. The molecule has 0 aromatic carbocycles. The second kappa shape index (κ2) is 5.75. The number of pyridine rings is 1. The number of hydrogen-bond donors (Lipinski definition) is 1. The maximum atomic E-state index is 12.5. The molecular weight excluding hydrogens is 294 g/mol. The molecule has 2 amide bonds. The molecule has 4 rings (SSSR count). The molecule has 2 aromatic heterocycles. The quantitative estimate of drug-likeness (QED) is 0.676. The van der Waals surface area contributed by atoms with Crippen LogP contribution < -0.4 is 4.90 Å². The highest BCUT2D eigenvalue weighted by Gasteiger charge is 2.49. The number of carbonyl (C=O) groups excluding carboxylic acids is 2. The van der Waals surface area contributed by atoms with Gasteiger partial charge in [0.1, 0.15) is 0 Å². The van der Waals surface area contributed by atoms with Crippen molar-refractivity contribution < 1.29 is 9.59 Å². The van der Waals surface area contributed by atoms with Crippen molar-refractivity contribution in [3.8, 4) is 11.4 Å². The second-order valence-electron chi connectivity index (χ2n) is 5.39. The van der Waals surface area contributed by atoms with Crippen LogP contribution in [0.2, 0.25) is 0 Å². The van der Waals surface area contributed by atoms with Crippen LogP contribution in [0.5, 0.6) is 0 Å². The summed E-state index contributed by atoms with van der Waals surface area (Å²) in [4.78, 5) is 34.3. The van der Waals surface area contributed by atoms with Gasteiger partial charge in [-0.3, -0.25) is 19.7 Å². The normalized spacial score (nSPS) is 22.9. The van der Waals surface area contributed by atoms with E-state index in [1.165, 1.54) is 0 Å². The monoisotopic (exact) mass is 311 g/mol.